The van der Waals surface area contributed by atoms with Gasteiger partial charge in [0.2, 0.25) is 23.6 Å². The normalized spacial score (nSPS) is 14.0. The minimum Gasteiger partial charge on any atom is -0.480 e. The van der Waals surface area contributed by atoms with E-state index in [0.29, 0.717) is 12.0 Å². The number of para-hydroxylation sites is 1. The summed E-state index contributed by atoms with van der Waals surface area (Å²) in [5.41, 5.74) is 23.3. The zero-order valence-corrected chi connectivity index (χ0v) is 23.1. The van der Waals surface area contributed by atoms with Crippen LogP contribution in [-0.4, -0.2) is 76.4 Å². The van der Waals surface area contributed by atoms with Gasteiger partial charge in [-0.05, 0) is 30.4 Å². The van der Waals surface area contributed by atoms with Gasteiger partial charge in [0.25, 0.3) is 0 Å². The Bertz CT molecular complexity index is 1270. The van der Waals surface area contributed by atoms with E-state index < -0.39 is 66.1 Å². The average Bonchev–Trinajstić information content (AvgIpc) is 3.30. The Labute approximate surface area is 236 Å². The third-order valence-electron chi connectivity index (χ3n) is 6.31. The Kier molecular flexibility index (Phi) is 12.1. The highest BCUT2D eigenvalue weighted by atomic mass is 16.4. The number of amides is 4. The highest BCUT2D eigenvalue weighted by Gasteiger charge is 2.32. The van der Waals surface area contributed by atoms with Crippen LogP contribution in [0.2, 0.25) is 0 Å². The predicted octanol–water partition coefficient (Wildman–Crippen LogP) is -1.84. The van der Waals surface area contributed by atoms with E-state index >= 15 is 0 Å². The van der Waals surface area contributed by atoms with Crippen molar-refractivity contribution in [2.75, 3.05) is 6.54 Å². The first-order chi connectivity index (χ1) is 19.3. The molecule has 0 saturated heterocycles. The molecule has 4 unspecified atom stereocenters. The number of fused-ring (bicyclic) bond motifs is 1. The molecule has 2 rings (SSSR count). The number of aliphatic carboxylic acids is 1. The SMILES string of the molecule is CC(C)C(NC(=O)C(Cc1c[nH]c2ccccc12)NC(=O)C(CC(N)=O)NC(=O)C(N)CCCN=C(N)N)C(=O)O. The van der Waals surface area contributed by atoms with Gasteiger partial charge in [-0.2, -0.15) is 0 Å². The lowest BCUT2D eigenvalue weighted by Gasteiger charge is -2.25. The van der Waals surface area contributed by atoms with E-state index in [1.165, 1.54) is 0 Å². The first-order valence-electron chi connectivity index (χ1n) is 13.1. The fourth-order valence-electron chi connectivity index (χ4n) is 4.11. The molecular formula is C26H39N9O6. The van der Waals surface area contributed by atoms with Gasteiger partial charge in [-0.3, -0.25) is 24.2 Å². The van der Waals surface area contributed by atoms with E-state index in [2.05, 4.69) is 25.9 Å². The summed E-state index contributed by atoms with van der Waals surface area (Å²) in [6.45, 7) is 3.50. The number of carboxylic acids is 1. The standard InChI is InChI=1S/C26H39N9O6/c1-13(2)21(25(40)41)35-24(39)18(10-14-12-32-17-8-4-3-6-15(14)17)34-23(38)19(11-20(28)36)33-22(37)16(27)7-5-9-31-26(29)30/h3-4,6,8,12-13,16,18-19,21,32H,5,7,9-11,27H2,1-2H3,(H2,28,36)(H,33,37)(H,34,38)(H,35,39)(H,40,41)(H4,29,30,31). The Balaban J connectivity index is 2.25. The van der Waals surface area contributed by atoms with Crippen LogP contribution < -0.4 is 38.9 Å². The lowest BCUT2D eigenvalue weighted by molar-refractivity contribution is -0.143. The maximum Gasteiger partial charge on any atom is 0.326 e. The number of rotatable bonds is 16. The molecule has 0 saturated carbocycles. The first kappa shape index (κ1) is 32.6. The van der Waals surface area contributed by atoms with Crippen molar-refractivity contribution in [3.05, 3.63) is 36.0 Å². The van der Waals surface area contributed by atoms with Crippen molar-refractivity contribution in [1.29, 1.82) is 0 Å². The predicted molar refractivity (Wildman–Crippen MR) is 152 cm³/mol. The van der Waals surface area contributed by atoms with Gasteiger partial charge in [-0.15, -0.1) is 0 Å². The summed E-state index contributed by atoms with van der Waals surface area (Å²) in [5, 5.41) is 17.8. The number of carbonyl (C=O) groups is 5. The van der Waals surface area contributed by atoms with Gasteiger partial charge in [0.05, 0.1) is 12.5 Å². The molecule has 1 aromatic carbocycles. The Hall–Kier alpha value is -4.66. The highest BCUT2D eigenvalue weighted by Crippen LogP contribution is 2.19. The van der Waals surface area contributed by atoms with E-state index in [9.17, 15) is 29.1 Å². The van der Waals surface area contributed by atoms with Crippen LogP contribution in [0.4, 0.5) is 0 Å². The van der Waals surface area contributed by atoms with E-state index in [0.717, 1.165) is 10.9 Å². The molecule has 4 atom stereocenters. The first-order valence-corrected chi connectivity index (χ1v) is 13.1. The van der Waals surface area contributed by atoms with Crippen molar-refractivity contribution in [2.45, 2.75) is 63.7 Å². The lowest BCUT2D eigenvalue weighted by Crippen LogP contribution is -2.58. The van der Waals surface area contributed by atoms with Crippen molar-refractivity contribution >= 4 is 46.5 Å². The number of benzene rings is 1. The van der Waals surface area contributed by atoms with Crippen molar-refractivity contribution in [3.8, 4) is 0 Å². The number of hydrogen-bond donors (Lipinski definition) is 9. The molecule has 1 heterocycles. The fraction of sp³-hybridized carbons (Fsp3) is 0.462. The number of nitrogens with one attached hydrogen (secondary N) is 4. The third-order valence-corrected chi connectivity index (χ3v) is 6.31. The highest BCUT2D eigenvalue weighted by molar-refractivity contribution is 5.96. The molecule has 15 nitrogen and oxygen atoms in total. The lowest BCUT2D eigenvalue weighted by atomic mass is 10.0. The van der Waals surface area contributed by atoms with Crippen LogP contribution in [0.15, 0.2) is 35.5 Å². The molecule has 15 heteroatoms. The molecule has 0 fully saturated rings. The van der Waals surface area contributed by atoms with E-state index in [4.69, 9.17) is 22.9 Å². The van der Waals surface area contributed by atoms with Crippen LogP contribution in [0.1, 0.15) is 38.7 Å². The van der Waals surface area contributed by atoms with Crippen LogP contribution in [0.3, 0.4) is 0 Å². The van der Waals surface area contributed by atoms with Crippen molar-refractivity contribution < 1.29 is 29.1 Å². The van der Waals surface area contributed by atoms with Crippen molar-refractivity contribution in [2.24, 2.45) is 33.8 Å². The topological polar surface area (TPSA) is 274 Å². The molecule has 13 N–H and O–H groups in total. The summed E-state index contributed by atoms with van der Waals surface area (Å²) < 4.78 is 0. The van der Waals surface area contributed by atoms with Crippen LogP contribution in [0, 0.1) is 5.92 Å². The number of H-pyrrole nitrogens is 1. The molecule has 0 aliphatic heterocycles. The second-order valence-corrected chi connectivity index (χ2v) is 9.98. The van der Waals surface area contributed by atoms with Gasteiger partial charge >= 0.3 is 5.97 Å². The monoisotopic (exact) mass is 573 g/mol. The Morgan fingerprint density at radius 1 is 0.951 bits per heavy atom. The van der Waals surface area contributed by atoms with E-state index in [-0.39, 0.29) is 25.3 Å². The summed E-state index contributed by atoms with van der Waals surface area (Å²) in [6.07, 6.45) is 1.66. The zero-order valence-electron chi connectivity index (χ0n) is 23.1. The van der Waals surface area contributed by atoms with E-state index in [1.54, 1.807) is 20.0 Å². The molecule has 0 spiro atoms. The smallest absolute Gasteiger partial charge is 0.326 e. The van der Waals surface area contributed by atoms with E-state index in [1.807, 2.05) is 24.3 Å². The molecule has 0 aliphatic carbocycles. The number of hydrogen-bond acceptors (Lipinski definition) is 7. The van der Waals surface area contributed by atoms with Gasteiger partial charge in [-0.1, -0.05) is 32.0 Å². The van der Waals surface area contributed by atoms with Gasteiger partial charge in [0.15, 0.2) is 5.96 Å². The second-order valence-electron chi connectivity index (χ2n) is 9.98. The number of nitrogens with two attached hydrogens (primary N) is 4. The van der Waals surface area contributed by atoms with Crippen LogP contribution >= 0.6 is 0 Å². The summed E-state index contributed by atoms with van der Waals surface area (Å²) in [5.74, 6) is -5.02. The maximum atomic E-state index is 13.3. The number of primary amides is 1. The average molecular weight is 574 g/mol. The number of aliphatic imine (C=N–C) groups is 1. The number of guanidine groups is 1. The summed E-state index contributed by atoms with van der Waals surface area (Å²) in [6, 6.07) is 2.35. The maximum absolute atomic E-state index is 13.3. The third kappa shape index (κ3) is 10.1. The molecule has 0 bridgehead atoms. The molecule has 1 aromatic heterocycles. The molecule has 224 valence electrons. The second kappa shape index (κ2) is 15.2. The minimum atomic E-state index is -1.44. The van der Waals surface area contributed by atoms with Crippen LogP contribution in [-0.2, 0) is 30.4 Å². The number of nitrogens with zero attached hydrogens (tertiary/aromatic N) is 1. The molecule has 41 heavy (non-hydrogen) atoms. The van der Waals surface area contributed by atoms with Gasteiger partial charge < -0.3 is 49.0 Å². The molecule has 0 aliphatic rings. The number of aromatic amines is 1. The molecule has 0 radical (unpaired) electrons. The Morgan fingerprint density at radius 3 is 2.20 bits per heavy atom. The largest absolute Gasteiger partial charge is 0.480 e. The molecule has 4 amide bonds. The quantitative estimate of drug-likeness (QED) is 0.0619. The van der Waals surface area contributed by atoms with Gasteiger partial charge in [-0.25, -0.2) is 4.79 Å². The van der Waals surface area contributed by atoms with Gasteiger partial charge in [0.1, 0.15) is 18.1 Å². The molecule has 2 aromatic rings. The Morgan fingerprint density at radius 2 is 1.59 bits per heavy atom. The summed E-state index contributed by atoms with van der Waals surface area (Å²) in [7, 11) is 0. The van der Waals surface area contributed by atoms with Crippen molar-refractivity contribution in [3.63, 3.8) is 0 Å². The summed E-state index contributed by atoms with van der Waals surface area (Å²) in [4.78, 5) is 69.6. The number of carboxylic acid groups (broad SMARTS) is 1. The fourth-order valence-corrected chi connectivity index (χ4v) is 4.11. The number of aromatic nitrogens is 1. The molecular weight excluding hydrogens is 534 g/mol. The minimum absolute atomic E-state index is 0.0203. The van der Waals surface area contributed by atoms with Crippen LogP contribution in [0.5, 0.6) is 0 Å². The van der Waals surface area contributed by atoms with Crippen molar-refractivity contribution in [1.82, 2.24) is 20.9 Å². The number of carbonyl (C=O) groups excluding carboxylic acids is 4. The zero-order chi connectivity index (χ0) is 30.7. The van der Waals surface area contributed by atoms with Gasteiger partial charge in [0, 0.05) is 30.1 Å². The van der Waals surface area contributed by atoms with Crippen LogP contribution in [0.25, 0.3) is 10.9 Å². The summed E-state index contributed by atoms with van der Waals surface area (Å²) >= 11 is 0.